The molecule has 2 aromatic heterocycles. The van der Waals surface area contributed by atoms with Crippen LogP contribution in [-0.2, 0) is 33.7 Å². The summed E-state index contributed by atoms with van der Waals surface area (Å²) in [6.07, 6.45) is 6.64. The molecule has 3 heterocycles. The van der Waals surface area contributed by atoms with Crippen LogP contribution < -0.4 is 0 Å². The van der Waals surface area contributed by atoms with Gasteiger partial charge in [0.1, 0.15) is 5.82 Å². The summed E-state index contributed by atoms with van der Waals surface area (Å²) in [6, 6.07) is 19.9. The SMILES string of the molecule is CCOCCOCCC(=O)N1CCN(Cc2ccc(C(=O)Cc3ccc(C)c(Cc4nccc(-c5cccnc5)n4)c3)cc2)CC1. The van der Waals surface area contributed by atoms with E-state index in [1.807, 2.05) is 60.4 Å². The number of rotatable bonds is 15. The summed E-state index contributed by atoms with van der Waals surface area (Å²) in [6.45, 7) is 10.1. The molecule has 0 bridgehead atoms. The number of amides is 1. The second-order valence-electron chi connectivity index (χ2n) is 11.6. The number of aromatic nitrogens is 3. The van der Waals surface area contributed by atoms with Gasteiger partial charge in [0.15, 0.2) is 5.78 Å². The molecule has 4 aromatic rings. The molecule has 0 spiro atoms. The predicted octanol–water partition coefficient (Wildman–Crippen LogP) is 4.95. The van der Waals surface area contributed by atoms with E-state index in [0.29, 0.717) is 51.3 Å². The van der Waals surface area contributed by atoms with Crippen LogP contribution in [0.15, 0.2) is 79.3 Å². The van der Waals surface area contributed by atoms with Crippen LogP contribution in [0, 0.1) is 6.92 Å². The van der Waals surface area contributed by atoms with Gasteiger partial charge in [-0.05, 0) is 54.3 Å². The molecule has 2 aromatic carbocycles. The molecule has 1 saturated heterocycles. The quantitative estimate of drug-likeness (QED) is 0.136. The first-order chi connectivity index (χ1) is 22.5. The molecule has 0 saturated carbocycles. The lowest BCUT2D eigenvalue weighted by molar-refractivity contribution is -0.134. The molecule has 1 amide bonds. The number of ketones is 1. The number of aryl methyl sites for hydroxylation is 1. The Kier molecular flexibility index (Phi) is 12.1. The molecular weight excluding hydrogens is 578 g/mol. The van der Waals surface area contributed by atoms with Gasteiger partial charge >= 0.3 is 0 Å². The summed E-state index contributed by atoms with van der Waals surface area (Å²) >= 11 is 0. The number of carbonyl (C=O) groups is 2. The zero-order valence-corrected chi connectivity index (χ0v) is 26.9. The Morgan fingerprint density at radius 2 is 1.65 bits per heavy atom. The van der Waals surface area contributed by atoms with Crippen LogP contribution in [0.3, 0.4) is 0 Å². The fourth-order valence-electron chi connectivity index (χ4n) is 5.53. The molecule has 9 nitrogen and oxygen atoms in total. The molecule has 0 atom stereocenters. The average Bonchev–Trinajstić information content (AvgIpc) is 3.09. The third-order valence-electron chi connectivity index (χ3n) is 8.23. The second kappa shape index (κ2) is 16.8. The Hall–Kier alpha value is -4.31. The Balaban J connectivity index is 1.09. The molecule has 9 heteroatoms. The van der Waals surface area contributed by atoms with Crippen molar-refractivity contribution in [1.29, 1.82) is 0 Å². The molecule has 5 rings (SSSR count). The first-order valence-corrected chi connectivity index (χ1v) is 16.1. The molecule has 46 heavy (non-hydrogen) atoms. The van der Waals surface area contributed by atoms with Crippen molar-refractivity contribution < 1.29 is 19.1 Å². The van der Waals surface area contributed by atoms with Gasteiger partial charge in [-0.1, -0.05) is 42.5 Å². The molecule has 1 aliphatic rings. The third-order valence-corrected chi connectivity index (χ3v) is 8.23. The van der Waals surface area contributed by atoms with Crippen LogP contribution in [0.2, 0.25) is 0 Å². The van der Waals surface area contributed by atoms with E-state index in [2.05, 4.69) is 33.9 Å². The second-order valence-corrected chi connectivity index (χ2v) is 11.6. The lowest BCUT2D eigenvalue weighted by atomic mass is 9.97. The number of piperazine rings is 1. The van der Waals surface area contributed by atoms with Gasteiger partial charge in [-0.15, -0.1) is 0 Å². The number of carbonyl (C=O) groups excluding carboxylic acids is 2. The average molecular weight is 622 g/mol. The van der Waals surface area contributed by atoms with E-state index in [9.17, 15) is 9.59 Å². The fraction of sp³-hybridized carbons (Fsp3) is 0.378. The highest BCUT2D eigenvalue weighted by molar-refractivity contribution is 5.97. The molecule has 0 aliphatic carbocycles. The Labute approximate surface area is 271 Å². The highest BCUT2D eigenvalue weighted by Gasteiger charge is 2.21. The maximum absolute atomic E-state index is 13.2. The van der Waals surface area contributed by atoms with Gasteiger partial charge in [0.2, 0.25) is 5.91 Å². The molecule has 1 aliphatic heterocycles. The first kappa shape index (κ1) is 33.1. The van der Waals surface area contributed by atoms with E-state index in [-0.39, 0.29) is 11.7 Å². The van der Waals surface area contributed by atoms with Crippen LogP contribution >= 0.6 is 0 Å². The number of nitrogens with zero attached hydrogens (tertiary/aromatic N) is 5. The van der Waals surface area contributed by atoms with Gasteiger partial charge in [-0.25, -0.2) is 9.97 Å². The Morgan fingerprint density at radius 1 is 0.870 bits per heavy atom. The number of ether oxygens (including phenoxy) is 2. The lowest BCUT2D eigenvalue weighted by Crippen LogP contribution is -2.48. The standard InChI is InChI=1S/C37H43N5O4/c1-3-45-21-22-46-20-13-37(44)42-18-16-41(17-19-42)27-29-8-10-31(11-9-29)35(43)24-30-7-6-28(2)33(23-30)25-36-39-15-12-34(40-36)32-5-4-14-38-26-32/h4-12,14-15,23,26H,3,13,16-22,24-25,27H2,1-2H3. The van der Waals surface area contributed by atoms with Crippen molar-refractivity contribution in [2.75, 3.05) is 52.6 Å². The van der Waals surface area contributed by atoms with Gasteiger partial charge in [-0.2, -0.15) is 0 Å². The van der Waals surface area contributed by atoms with Crippen molar-refractivity contribution >= 4 is 11.7 Å². The minimum absolute atomic E-state index is 0.0881. The van der Waals surface area contributed by atoms with Gasteiger partial charge < -0.3 is 14.4 Å². The largest absolute Gasteiger partial charge is 0.379 e. The highest BCUT2D eigenvalue weighted by atomic mass is 16.5. The lowest BCUT2D eigenvalue weighted by Gasteiger charge is -2.34. The molecular formula is C37H43N5O4. The van der Waals surface area contributed by atoms with E-state index in [4.69, 9.17) is 14.5 Å². The van der Waals surface area contributed by atoms with E-state index in [1.54, 1.807) is 18.6 Å². The monoisotopic (exact) mass is 621 g/mol. The summed E-state index contributed by atoms with van der Waals surface area (Å²) in [7, 11) is 0. The van der Waals surface area contributed by atoms with Crippen molar-refractivity contribution in [3.8, 4) is 11.3 Å². The maximum Gasteiger partial charge on any atom is 0.224 e. The number of Topliss-reactive ketones (excluding diaryl/α,β-unsaturated/α-hetero) is 1. The molecule has 1 fully saturated rings. The van der Waals surface area contributed by atoms with Gasteiger partial charge in [0.25, 0.3) is 0 Å². The minimum Gasteiger partial charge on any atom is -0.379 e. The van der Waals surface area contributed by atoms with Crippen LogP contribution in [-0.4, -0.2) is 89.0 Å². The van der Waals surface area contributed by atoms with Crippen molar-refractivity contribution in [3.05, 3.63) is 113 Å². The molecule has 0 N–H and O–H groups in total. The smallest absolute Gasteiger partial charge is 0.224 e. The summed E-state index contributed by atoms with van der Waals surface area (Å²) < 4.78 is 10.7. The zero-order chi connectivity index (χ0) is 32.1. The zero-order valence-electron chi connectivity index (χ0n) is 26.9. The van der Waals surface area contributed by atoms with Gasteiger partial charge in [0.05, 0.1) is 31.9 Å². The minimum atomic E-state index is 0.0881. The number of hydrogen-bond acceptors (Lipinski definition) is 8. The van der Waals surface area contributed by atoms with E-state index in [0.717, 1.165) is 72.1 Å². The van der Waals surface area contributed by atoms with Crippen LogP contribution in [0.25, 0.3) is 11.3 Å². The number of hydrogen-bond donors (Lipinski definition) is 0. The molecule has 240 valence electrons. The summed E-state index contributed by atoms with van der Waals surface area (Å²) in [5.74, 6) is 0.961. The number of pyridine rings is 1. The van der Waals surface area contributed by atoms with Crippen molar-refractivity contribution in [1.82, 2.24) is 24.8 Å². The fourth-order valence-corrected chi connectivity index (χ4v) is 5.53. The summed E-state index contributed by atoms with van der Waals surface area (Å²) in [4.78, 5) is 43.5. The van der Waals surface area contributed by atoms with Crippen LogP contribution in [0.4, 0.5) is 0 Å². The van der Waals surface area contributed by atoms with Gasteiger partial charge in [0, 0.05) is 81.9 Å². The number of benzene rings is 2. The first-order valence-electron chi connectivity index (χ1n) is 16.1. The predicted molar refractivity (Wildman–Crippen MR) is 178 cm³/mol. The Morgan fingerprint density at radius 3 is 2.41 bits per heavy atom. The molecule has 0 unspecified atom stereocenters. The topological polar surface area (TPSA) is 97.8 Å². The highest BCUT2D eigenvalue weighted by Crippen LogP contribution is 2.20. The van der Waals surface area contributed by atoms with Gasteiger partial charge in [-0.3, -0.25) is 19.5 Å². The van der Waals surface area contributed by atoms with Crippen LogP contribution in [0.5, 0.6) is 0 Å². The van der Waals surface area contributed by atoms with E-state index in [1.165, 1.54) is 0 Å². The maximum atomic E-state index is 13.2. The van der Waals surface area contributed by atoms with E-state index < -0.39 is 0 Å². The molecule has 0 radical (unpaired) electrons. The Bertz CT molecular complexity index is 1570. The van der Waals surface area contributed by atoms with Crippen molar-refractivity contribution in [2.24, 2.45) is 0 Å². The third kappa shape index (κ3) is 9.59. The van der Waals surface area contributed by atoms with Crippen molar-refractivity contribution in [3.63, 3.8) is 0 Å². The van der Waals surface area contributed by atoms with Crippen molar-refractivity contribution in [2.45, 2.75) is 39.7 Å². The normalized spacial score (nSPS) is 13.6. The van der Waals surface area contributed by atoms with Crippen LogP contribution in [0.1, 0.15) is 51.8 Å². The summed E-state index contributed by atoms with van der Waals surface area (Å²) in [5, 5.41) is 0. The van der Waals surface area contributed by atoms with E-state index >= 15 is 0 Å². The summed E-state index contributed by atoms with van der Waals surface area (Å²) in [5.41, 5.74) is 6.88.